The Morgan fingerprint density at radius 1 is 1.44 bits per heavy atom. The lowest BCUT2D eigenvalue weighted by Gasteiger charge is -2.30. The van der Waals surface area contributed by atoms with Crippen LogP contribution in [0.15, 0.2) is 0 Å². The molecule has 16 heavy (non-hydrogen) atoms. The largest absolute Gasteiger partial charge is 0.479 e. The van der Waals surface area contributed by atoms with Gasteiger partial charge in [0.2, 0.25) is 0 Å². The highest BCUT2D eigenvalue weighted by Gasteiger charge is 2.60. The highest BCUT2D eigenvalue weighted by molar-refractivity contribution is 5.86. The zero-order chi connectivity index (χ0) is 12.1. The normalized spacial score (nSPS) is 33.2. The second kappa shape index (κ2) is 3.09. The van der Waals surface area contributed by atoms with Crippen LogP contribution in [0.25, 0.3) is 0 Å². The van der Waals surface area contributed by atoms with E-state index in [4.69, 9.17) is 9.84 Å². The Morgan fingerprint density at radius 2 is 2.06 bits per heavy atom. The Balaban J connectivity index is 2.19. The summed E-state index contributed by atoms with van der Waals surface area (Å²) in [5, 5.41) is 8.85. The molecule has 2 aliphatic rings. The lowest BCUT2D eigenvalue weighted by Crippen LogP contribution is -2.52. The number of aliphatic carboxylic acids is 1. The van der Waals surface area contributed by atoms with Gasteiger partial charge in [-0.2, -0.15) is 13.2 Å². The van der Waals surface area contributed by atoms with Crippen LogP contribution < -0.4 is 0 Å². The molecule has 2 saturated heterocycles. The third-order valence-electron chi connectivity index (χ3n) is 2.88. The first-order valence-electron chi connectivity index (χ1n) is 4.51. The molecule has 0 aromatic heterocycles. The van der Waals surface area contributed by atoms with Gasteiger partial charge in [0.25, 0.3) is 0 Å². The molecule has 0 saturated carbocycles. The van der Waals surface area contributed by atoms with Gasteiger partial charge in [0.15, 0.2) is 5.60 Å². The molecule has 90 valence electrons. The number of morpholine rings is 1. The van der Waals surface area contributed by atoms with E-state index < -0.39 is 36.2 Å². The summed E-state index contributed by atoms with van der Waals surface area (Å²) in [7, 11) is 0. The van der Waals surface area contributed by atoms with Crippen LogP contribution in [0.3, 0.4) is 0 Å². The van der Waals surface area contributed by atoms with Gasteiger partial charge >= 0.3 is 18.1 Å². The lowest BCUT2D eigenvalue weighted by molar-refractivity contribution is -0.193. The first-order valence-corrected chi connectivity index (χ1v) is 4.51. The highest BCUT2D eigenvalue weighted by Crippen LogP contribution is 2.39. The van der Waals surface area contributed by atoms with Crippen LogP contribution in [0.2, 0.25) is 0 Å². The van der Waals surface area contributed by atoms with Gasteiger partial charge in [0.1, 0.15) is 0 Å². The number of fused-ring (bicyclic) bond motifs is 2. The van der Waals surface area contributed by atoms with Crippen molar-refractivity contribution in [2.75, 3.05) is 13.2 Å². The number of nitrogens with zero attached hydrogens (tertiary/aromatic N) is 1. The molecule has 2 bridgehead atoms. The maximum atomic E-state index is 12.2. The van der Waals surface area contributed by atoms with Crippen molar-refractivity contribution < 1.29 is 32.6 Å². The fraction of sp³-hybridized carbons (Fsp3) is 0.750. The molecule has 2 rings (SSSR count). The molecule has 0 aromatic rings. The smallest absolute Gasteiger partial charge is 0.471 e. The van der Waals surface area contributed by atoms with Crippen molar-refractivity contribution in [1.29, 1.82) is 0 Å². The molecule has 2 atom stereocenters. The van der Waals surface area contributed by atoms with Crippen molar-refractivity contribution in [2.24, 2.45) is 0 Å². The van der Waals surface area contributed by atoms with Crippen LogP contribution in [0, 0.1) is 0 Å². The van der Waals surface area contributed by atoms with Gasteiger partial charge in [-0.3, -0.25) is 4.79 Å². The zero-order valence-corrected chi connectivity index (χ0v) is 7.95. The predicted octanol–water partition coefficient (Wildman–Crippen LogP) is 0.00320. The Kier molecular flexibility index (Phi) is 2.16. The van der Waals surface area contributed by atoms with Gasteiger partial charge in [-0.1, -0.05) is 0 Å². The number of rotatable bonds is 1. The van der Waals surface area contributed by atoms with E-state index in [1.54, 1.807) is 0 Å². The summed E-state index contributed by atoms with van der Waals surface area (Å²) in [6.07, 6.45) is -5.05. The molecule has 1 N–H and O–H groups in total. The second-order valence-corrected chi connectivity index (χ2v) is 3.90. The molecule has 2 heterocycles. The topological polar surface area (TPSA) is 66.8 Å². The van der Waals surface area contributed by atoms with Crippen molar-refractivity contribution in [3.8, 4) is 0 Å². The maximum Gasteiger partial charge on any atom is 0.471 e. The van der Waals surface area contributed by atoms with Crippen molar-refractivity contribution in [2.45, 2.75) is 24.2 Å². The van der Waals surface area contributed by atoms with E-state index >= 15 is 0 Å². The standard InChI is InChI=1S/C8H8F3NO4/c9-8(10,11)5(13)12-3-7(6(14)15)1-4(12)2-16-7/h4H,1-3H2,(H,14,15)/t4-,7-/m1/s1. The van der Waals surface area contributed by atoms with Gasteiger partial charge in [-0.05, 0) is 0 Å². The van der Waals surface area contributed by atoms with Crippen LogP contribution in [0.1, 0.15) is 6.42 Å². The monoisotopic (exact) mass is 239 g/mol. The summed E-state index contributed by atoms with van der Waals surface area (Å²) in [6, 6.07) is -0.787. The number of hydrogen-bond acceptors (Lipinski definition) is 3. The average Bonchev–Trinajstić information content (AvgIpc) is 2.73. The molecule has 0 radical (unpaired) electrons. The molecular formula is C8H8F3NO4. The van der Waals surface area contributed by atoms with E-state index in [0.717, 1.165) is 0 Å². The number of halogens is 3. The summed E-state index contributed by atoms with van der Waals surface area (Å²) in [6.45, 7) is -0.695. The number of ether oxygens (including phenoxy) is 1. The molecular weight excluding hydrogens is 231 g/mol. The number of carbonyl (C=O) groups excluding carboxylic acids is 1. The van der Waals surface area contributed by atoms with E-state index in [1.165, 1.54) is 0 Å². The molecule has 0 spiro atoms. The first kappa shape index (κ1) is 11.2. The molecule has 0 aliphatic carbocycles. The Morgan fingerprint density at radius 3 is 2.50 bits per heavy atom. The van der Waals surface area contributed by atoms with E-state index in [-0.39, 0.29) is 13.0 Å². The molecule has 0 aromatic carbocycles. The van der Waals surface area contributed by atoms with Crippen LogP contribution in [-0.4, -0.2) is 52.9 Å². The molecule has 2 fully saturated rings. The van der Waals surface area contributed by atoms with Crippen molar-refractivity contribution in [3.05, 3.63) is 0 Å². The molecule has 0 unspecified atom stereocenters. The average molecular weight is 239 g/mol. The highest BCUT2D eigenvalue weighted by atomic mass is 19.4. The van der Waals surface area contributed by atoms with Crippen molar-refractivity contribution >= 4 is 11.9 Å². The number of carboxylic acids is 1. The number of carbonyl (C=O) groups is 2. The summed E-state index contributed by atoms with van der Waals surface area (Å²) in [5.74, 6) is -3.32. The number of alkyl halides is 3. The third-order valence-corrected chi connectivity index (χ3v) is 2.88. The van der Waals surface area contributed by atoms with Crippen LogP contribution in [-0.2, 0) is 14.3 Å². The maximum absolute atomic E-state index is 12.2. The fourth-order valence-corrected chi connectivity index (χ4v) is 2.09. The number of amides is 1. The minimum atomic E-state index is -4.97. The second-order valence-electron chi connectivity index (χ2n) is 3.90. The van der Waals surface area contributed by atoms with Gasteiger partial charge in [0.05, 0.1) is 19.2 Å². The predicted molar refractivity (Wildman–Crippen MR) is 42.5 cm³/mol. The van der Waals surface area contributed by atoms with Crippen LogP contribution in [0.5, 0.6) is 0 Å². The fourth-order valence-electron chi connectivity index (χ4n) is 2.09. The van der Waals surface area contributed by atoms with Gasteiger partial charge < -0.3 is 14.7 Å². The van der Waals surface area contributed by atoms with Crippen molar-refractivity contribution in [1.82, 2.24) is 4.90 Å². The summed E-state index contributed by atoms with van der Waals surface area (Å²) in [5.41, 5.74) is -1.65. The van der Waals surface area contributed by atoms with Gasteiger partial charge in [-0.15, -0.1) is 0 Å². The van der Waals surface area contributed by atoms with Gasteiger partial charge in [-0.25, -0.2) is 4.79 Å². The Labute approximate surface area is 87.8 Å². The summed E-state index contributed by atoms with van der Waals surface area (Å²) >= 11 is 0. The summed E-state index contributed by atoms with van der Waals surface area (Å²) < 4.78 is 41.4. The molecule has 8 heteroatoms. The third kappa shape index (κ3) is 1.44. The lowest BCUT2D eigenvalue weighted by atomic mass is 10.0. The minimum absolute atomic E-state index is 0.0792. The summed E-state index contributed by atoms with van der Waals surface area (Å²) in [4.78, 5) is 22.4. The van der Waals surface area contributed by atoms with E-state index in [0.29, 0.717) is 4.90 Å². The SMILES string of the molecule is O=C(N1C[C@@]2(C(=O)O)C[C@@H]1CO2)C(F)(F)F. The first-order chi connectivity index (χ1) is 7.26. The molecule has 2 aliphatic heterocycles. The molecule has 1 amide bonds. The van der Waals surface area contributed by atoms with E-state index in [2.05, 4.69) is 0 Å². The quantitative estimate of drug-likeness (QED) is 0.699. The van der Waals surface area contributed by atoms with E-state index in [9.17, 15) is 22.8 Å². The zero-order valence-electron chi connectivity index (χ0n) is 7.95. The van der Waals surface area contributed by atoms with Crippen LogP contribution in [0.4, 0.5) is 13.2 Å². The number of likely N-dealkylation sites (tertiary alicyclic amines) is 1. The Hall–Kier alpha value is -1.31. The number of hydrogen-bond donors (Lipinski definition) is 1. The van der Waals surface area contributed by atoms with Crippen molar-refractivity contribution in [3.63, 3.8) is 0 Å². The minimum Gasteiger partial charge on any atom is -0.479 e. The molecule has 5 nitrogen and oxygen atoms in total. The number of carboxylic acid groups (broad SMARTS) is 1. The van der Waals surface area contributed by atoms with Crippen LogP contribution >= 0.6 is 0 Å². The Bertz CT molecular complexity index is 356. The van der Waals surface area contributed by atoms with Gasteiger partial charge in [0, 0.05) is 6.42 Å². The van der Waals surface area contributed by atoms with E-state index in [1.807, 2.05) is 0 Å².